The maximum Gasteiger partial charge on any atom is 0.449 e. The van der Waals surface area contributed by atoms with Crippen LogP contribution in [-0.2, 0) is 22.7 Å². The molecule has 0 saturated carbocycles. The molecule has 0 atom stereocenters. The Bertz CT molecular complexity index is 1110. The summed E-state index contributed by atoms with van der Waals surface area (Å²) in [6.45, 7) is 1.47. The van der Waals surface area contributed by atoms with Gasteiger partial charge < -0.3 is 4.57 Å². The van der Waals surface area contributed by atoms with Gasteiger partial charge in [-0.1, -0.05) is 11.6 Å². The van der Waals surface area contributed by atoms with Crippen molar-refractivity contribution in [2.24, 2.45) is 0 Å². The number of sulfonamides is 1. The molecule has 2 aromatic heterocycles. The molecule has 6 nitrogen and oxygen atoms in total. The molecule has 0 aliphatic carbocycles. The number of hydrogen-bond donors (Lipinski definition) is 1. The van der Waals surface area contributed by atoms with Gasteiger partial charge >= 0.3 is 6.18 Å². The van der Waals surface area contributed by atoms with Crippen LogP contribution >= 0.6 is 11.6 Å². The highest BCUT2D eigenvalue weighted by molar-refractivity contribution is 7.89. The molecule has 0 aliphatic rings. The van der Waals surface area contributed by atoms with Crippen molar-refractivity contribution in [2.75, 3.05) is 6.54 Å². The van der Waals surface area contributed by atoms with Gasteiger partial charge in [0.15, 0.2) is 5.65 Å². The van der Waals surface area contributed by atoms with Gasteiger partial charge in [0.2, 0.25) is 15.8 Å². The van der Waals surface area contributed by atoms with Crippen LogP contribution in [0, 0.1) is 6.92 Å². The van der Waals surface area contributed by atoms with E-state index in [0.29, 0.717) is 10.6 Å². The zero-order valence-corrected chi connectivity index (χ0v) is 16.2. The Balaban J connectivity index is 1.73. The van der Waals surface area contributed by atoms with E-state index >= 15 is 0 Å². The number of halogens is 4. The normalized spacial score (nSPS) is 12.6. The van der Waals surface area contributed by atoms with E-state index in [-0.39, 0.29) is 35.6 Å². The number of imidazole rings is 1. The average Bonchev–Trinajstić information content (AvgIpc) is 2.97. The number of benzene rings is 1. The van der Waals surface area contributed by atoms with Gasteiger partial charge in [0.25, 0.3) is 0 Å². The summed E-state index contributed by atoms with van der Waals surface area (Å²) < 4.78 is 67.9. The van der Waals surface area contributed by atoms with Gasteiger partial charge in [0, 0.05) is 24.3 Å². The minimum absolute atomic E-state index is 0.0474. The van der Waals surface area contributed by atoms with E-state index in [0.717, 1.165) is 4.57 Å². The predicted octanol–water partition coefficient (Wildman–Crippen LogP) is 3.78. The van der Waals surface area contributed by atoms with E-state index in [9.17, 15) is 21.6 Å². The highest BCUT2D eigenvalue weighted by Gasteiger charge is 2.37. The number of fused-ring (bicyclic) bond motifs is 1. The summed E-state index contributed by atoms with van der Waals surface area (Å²) in [7, 11) is -3.80. The summed E-state index contributed by atoms with van der Waals surface area (Å²) in [4.78, 5) is 7.63. The van der Waals surface area contributed by atoms with Crippen molar-refractivity contribution in [3.05, 3.63) is 52.9 Å². The maximum atomic E-state index is 13.2. The van der Waals surface area contributed by atoms with Gasteiger partial charge in [-0.25, -0.2) is 23.1 Å². The average molecular weight is 433 g/mol. The standard InChI is InChI=1S/C17H16ClF3N4O2S/c1-11-10-12(18)5-6-14(11)28(26,27)23-8-3-9-25-15-13(4-2-7-22-15)24-16(25)17(19,20)21/h2,4-7,10,23H,3,8-9H2,1H3. The van der Waals surface area contributed by atoms with Gasteiger partial charge in [-0.2, -0.15) is 13.2 Å². The lowest BCUT2D eigenvalue weighted by Gasteiger charge is -2.12. The molecular weight excluding hydrogens is 417 g/mol. The predicted molar refractivity (Wildman–Crippen MR) is 98.5 cm³/mol. The van der Waals surface area contributed by atoms with Gasteiger partial charge in [0.1, 0.15) is 5.52 Å². The van der Waals surface area contributed by atoms with Crippen molar-refractivity contribution in [2.45, 2.75) is 31.0 Å². The molecular formula is C17H16ClF3N4O2S. The van der Waals surface area contributed by atoms with E-state index < -0.39 is 22.0 Å². The van der Waals surface area contributed by atoms with Crippen LogP contribution in [0.4, 0.5) is 13.2 Å². The number of nitrogens with one attached hydrogen (secondary N) is 1. The Morgan fingerprint density at radius 1 is 1.25 bits per heavy atom. The first kappa shape index (κ1) is 20.6. The second-order valence-corrected chi connectivity index (χ2v) is 8.26. The van der Waals surface area contributed by atoms with Crippen LogP contribution in [0.15, 0.2) is 41.4 Å². The number of pyridine rings is 1. The van der Waals surface area contributed by atoms with Gasteiger partial charge in [0.05, 0.1) is 4.90 Å². The molecule has 0 saturated heterocycles. The minimum Gasteiger partial charge on any atom is -0.305 e. The molecule has 150 valence electrons. The van der Waals surface area contributed by atoms with Crippen molar-refractivity contribution >= 4 is 32.8 Å². The zero-order valence-electron chi connectivity index (χ0n) is 14.7. The maximum absolute atomic E-state index is 13.2. The number of rotatable bonds is 6. The molecule has 0 amide bonds. The van der Waals surface area contributed by atoms with Crippen LogP contribution in [0.3, 0.4) is 0 Å². The lowest BCUT2D eigenvalue weighted by Crippen LogP contribution is -2.26. The van der Waals surface area contributed by atoms with Crippen molar-refractivity contribution in [3.8, 4) is 0 Å². The number of aromatic nitrogens is 3. The SMILES string of the molecule is Cc1cc(Cl)ccc1S(=O)(=O)NCCCn1c(C(F)(F)F)nc2cccnc21. The first-order valence-electron chi connectivity index (χ1n) is 8.24. The topological polar surface area (TPSA) is 76.9 Å². The smallest absolute Gasteiger partial charge is 0.305 e. The molecule has 0 fully saturated rings. The van der Waals surface area contributed by atoms with Crippen molar-refractivity contribution in [1.82, 2.24) is 19.3 Å². The third-order valence-electron chi connectivity index (χ3n) is 4.03. The molecule has 0 aliphatic heterocycles. The lowest BCUT2D eigenvalue weighted by atomic mass is 10.2. The molecule has 3 aromatic rings. The van der Waals surface area contributed by atoms with Gasteiger partial charge in [-0.3, -0.25) is 0 Å². The summed E-state index contributed by atoms with van der Waals surface area (Å²) in [5.41, 5.74) is 0.711. The van der Waals surface area contributed by atoms with Gasteiger partial charge in [-0.05, 0) is 49.2 Å². The molecule has 1 N–H and O–H groups in total. The highest BCUT2D eigenvalue weighted by Crippen LogP contribution is 2.31. The Labute approximate surface area is 164 Å². The van der Waals surface area contributed by atoms with E-state index in [1.807, 2.05) is 0 Å². The van der Waals surface area contributed by atoms with Crippen LogP contribution in [-0.4, -0.2) is 29.5 Å². The van der Waals surface area contributed by atoms with Crippen molar-refractivity contribution in [3.63, 3.8) is 0 Å². The number of aryl methyl sites for hydroxylation is 2. The number of nitrogens with zero attached hydrogens (tertiary/aromatic N) is 3. The van der Waals surface area contributed by atoms with Crippen molar-refractivity contribution in [1.29, 1.82) is 0 Å². The highest BCUT2D eigenvalue weighted by atomic mass is 35.5. The Morgan fingerprint density at radius 3 is 2.68 bits per heavy atom. The quantitative estimate of drug-likeness (QED) is 0.601. The monoisotopic (exact) mass is 432 g/mol. The Hall–Kier alpha value is -2.17. The van der Waals surface area contributed by atoms with Crippen LogP contribution in [0.1, 0.15) is 17.8 Å². The van der Waals surface area contributed by atoms with Crippen LogP contribution < -0.4 is 4.72 Å². The van der Waals surface area contributed by atoms with Crippen LogP contribution in [0.2, 0.25) is 5.02 Å². The van der Waals surface area contributed by atoms with Crippen molar-refractivity contribution < 1.29 is 21.6 Å². The molecule has 0 unspecified atom stereocenters. The second kappa shape index (κ2) is 7.69. The summed E-state index contributed by atoms with van der Waals surface area (Å²) in [5, 5.41) is 0.413. The second-order valence-electron chi connectivity index (χ2n) is 6.09. The molecule has 3 rings (SSSR count). The van der Waals surface area contributed by atoms with E-state index in [2.05, 4.69) is 14.7 Å². The zero-order chi connectivity index (χ0) is 20.5. The third kappa shape index (κ3) is 4.29. The summed E-state index contributed by atoms with van der Waals surface area (Å²) >= 11 is 5.83. The summed E-state index contributed by atoms with van der Waals surface area (Å²) in [6.07, 6.45) is -3.13. The fourth-order valence-corrected chi connectivity index (χ4v) is 4.35. The largest absolute Gasteiger partial charge is 0.449 e. The number of hydrogen-bond acceptors (Lipinski definition) is 4. The first-order chi connectivity index (χ1) is 13.1. The Morgan fingerprint density at radius 2 is 2.00 bits per heavy atom. The minimum atomic E-state index is -4.64. The number of alkyl halides is 3. The van der Waals surface area contributed by atoms with E-state index in [1.165, 1.54) is 36.5 Å². The fourth-order valence-electron chi connectivity index (χ4n) is 2.82. The molecule has 0 bridgehead atoms. The third-order valence-corrected chi connectivity index (χ3v) is 5.89. The molecule has 0 spiro atoms. The van der Waals surface area contributed by atoms with Crippen LogP contribution in [0.25, 0.3) is 11.2 Å². The molecule has 11 heteroatoms. The van der Waals surface area contributed by atoms with E-state index in [4.69, 9.17) is 11.6 Å². The summed E-state index contributed by atoms with van der Waals surface area (Å²) in [5.74, 6) is -1.06. The Kier molecular flexibility index (Phi) is 5.64. The molecule has 28 heavy (non-hydrogen) atoms. The van der Waals surface area contributed by atoms with E-state index in [1.54, 1.807) is 6.92 Å². The molecule has 1 aromatic carbocycles. The fraction of sp³-hybridized carbons (Fsp3) is 0.294. The molecule has 0 radical (unpaired) electrons. The first-order valence-corrected chi connectivity index (χ1v) is 10.1. The van der Waals surface area contributed by atoms with Gasteiger partial charge in [-0.15, -0.1) is 0 Å². The lowest BCUT2D eigenvalue weighted by molar-refractivity contribution is -0.147. The molecule has 2 heterocycles. The van der Waals surface area contributed by atoms with Crippen LogP contribution in [0.5, 0.6) is 0 Å². The summed E-state index contributed by atoms with van der Waals surface area (Å²) in [6, 6.07) is 7.31.